The minimum Gasteiger partial charge on any atom is -0.315 e. The molecular weight excluding hydrogens is 266 g/mol. The van der Waals surface area contributed by atoms with Crippen LogP contribution in [0, 0.1) is 0 Å². The highest BCUT2D eigenvalue weighted by atomic mass is 16.6. The van der Waals surface area contributed by atoms with Crippen molar-refractivity contribution in [3.63, 3.8) is 0 Å². The summed E-state index contributed by atoms with van der Waals surface area (Å²) >= 11 is 0. The van der Waals surface area contributed by atoms with E-state index in [1.165, 1.54) is 31.6 Å². The topological polar surface area (TPSA) is 57.4 Å². The summed E-state index contributed by atoms with van der Waals surface area (Å²) in [6, 6.07) is 6.85. The second-order valence-corrected chi connectivity index (χ2v) is 6.01. The number of piperazine rings is 1. The average molecular weight is 287 g/mol. The number of fused-ring (bicyclic) bond motifs is 1. The van der Waals surface area contributed by atoms with Gasteiger partial charge < -0.3 is 5.32 Å². The van der Waals surface area contributed by atoms with E-state index in [0.29, 0.717) is 0 Å². The Balaban J connectivity index is 1.39. The second-order valence-electron chi connectivity index (χ2n) is 6.01. The number of benzene rings is 1. The first-order chi connectivity index (χ1) is 10.4. The van der Waals surface area contributed by atoms with Gasteiger partial charge in [-0.15, -0.1) is 0 Å². The molecule has 2 aliphatic rings. The summed E-state index contributed by atoms with van der Waals surface area (Å²) in [5.41, 5.74) is 2.97. The monoisotopic (exact) mass is 287 g/mol. The summed E-state index contributed by atoms with van der Waals surface area (Å²) in [5, 5.41) is 11.4. The van der Waals surface area contributed by atoms with Gasteiger partial charge in [0.25, 0.3) is 0 Å². The van der Waals surface area contributed by atoms with Crippen LogP contribution in [0.3, 0.4) is 0 Å². The van der Waals surface area contributed by atoms with Gasteiger partial charge >= 0.3 is 0 Å². The molecule has 0 amide bonds. The summed E-state index contributed by atoms with van der Waals surface area (Å²) in [6.07, 6.45) is 1.30. The molecule has 21 heavy (non-hydrogen) atoms. The first-order valence-corrected chi connectivity index (χ1v) is 7.77. The lowest BCUT2D eigenvalue weighted by Crippen LogP contribution is -2.50. The van der Waals surface area contributed by atoms with Gasteiger partial charge in [0.15, 0.2) is 0 Å². The van der Waals surface area contributed by atoms with Gasteiger partial charge in [0, 0.05) is 45.3 Å². The summed E-state index contributed by atoms with van der Waals surface area (Å²) in [4.78, 5) is 5.14. The fraction of sp³-hybridized carbons (Fsp3) is 0.600. The van der Waals surface area contributed by atoms with Gasteiger partial charge in [0.1, 0.15) is 11.0 Å². The maximum atomic E-state index is 4.85. The molecule has 1 atom stereocenters. The molecule has 0 aliphatic carbocycles. The third kappa shape index (κ3) is 2.66. The van der Waals surface area contributed by atoms with Crippen LogP contribution in [0.4, 0.5) is 0 Å². The Morgan fingerprint density at radius 2 is 2.10 bits per heavy atom. The predicted molar refractivity (Wildman–Crippen MR) is 79.9 cm³/mol. The van der Waals surface area contributed by atoms with Gasteiger partial charge in [0.05, 0.1) is 0 Å². The average Bonchev–Trinajstić information content (AvgIpc) is 3.20. The lowest BCUT2D eigenvalue weighted by molar-refractivity contribution is 0.0983. The normalized spacial score (nSPS) is 24.9. The van der Waals surface area contributed by atoms with Crippen LogP contribution in [-0.2, 0) is 6.54 Å². The summed E-state index contributed by atoms with van der Waals surface area (Å²) in [6.45, 7) is 7.84. The molecule has 0 saturated carbocycles. The highest BCUT2D eigenvalue weighted by molar-refractivity contribution is 5.76. The highest BCUT2D eigenvalue weighted by Gasteiger charge is 2.26. The minimum atomic E-state index is 0.746. The Hall–Kier alpha value is -1.50. The van der Waals surface area contributed by atoms with Crippen LogP contribution in [0.5, 0.6) is 0 Å². The van der Waals surface area contributed by atoms with Crippen LogP contribution < -0.4 is 5.32 Å². The lowest BCUT2D eigenvalue weighted by Gasteiger charge is -2.37. The summed E-state index contributed by atoms with van der Waals surface area (Å²) < 4.78 is 4.85. The van der Waals surface area contributed by atoms with E-state index in [0.717, 1.165) is 43.3 Å². The van der Waals surface area contributed by atoms with E-state index in [2.05, 4.69) is 31.5 Å². The molecule has 4 rings (SSSR count). The van der Waals surface area contributed by atoms with Gasteiger partial charge in [-0.2, -0.15) is 0 Å². The molecular formula is C15H21N5O. The Bertz CT molecular complexity index is 599. The number of nitrogens with zero attached hydrogens (tertiary/aromatic N) is 4. The van der Waals surface area contributed by atoms with E-state index >= 15 is 0 Å². The molecule has 0 radical (unpaired) electrons. The first kappa shape index (κ1) is 13.2. The minimum absolute atomic E-state index is 0.746. The van der Waals surface area contributed by atoms with Crippen LogP contribution in [0.25, 0.3) is 11.0 Å². The highest BCUT2D eigenvalue weighted by Crippen LogP contribution is 2.18. The third-order valence-electron chi connectivity index (χ3n) is 4.72. The largest absolute Gasteiger partial charge is 0.315 e. The van der Waals surface area contributed by atoms with E-state index < -0.39 is 0 Å². The van der Waals surface area contributed by atoms with Gasteiger partial charge in [0.2, 0.25) is 0 Å². The van der Waals surface area contributed by atoms with Crippen LogP contribution in [0.15, 0.2) is 22.8 Å². The fourth-order valence-electron chi connectivity index (χ4n) is 3.47. The zero-order valence-corrected chi connectivity index (χ0v) is 12.2. The van der Waals surface area contributed by atoms with E-state index in [4.69, 9.17) is 4.63 Å². The SMILES string of the molecule is c1cc(CN2CCN([C@H]3CCNC3)CC2)c2nonc2c1. The molecule has 1 aromatic carbocycles. The number of hydrogen-bond acceptors (Lipinski definition) is 6. The summed E-state index contributed by atoms with van der Waals surface area (Å²) in [7, 11) is 0. The predicted octanol–water partition coefficient (Wildman–Crippen LogP) is 0.702. The van der Waals surface area contributed by atoms with Crippen molar-refractivity contribution in [3.05, 3.63) is 23.8 Å². The molecule has 6 nitrogen and oxygen atoms in total. The van der Waals surface area contributed by atoms with E-state index in [-0.39, 0.29) is 0 Å². The van der Waals surface area contributed by atoms with Crippen molar-refractivity contribution < 1.29 is 4.63 Å². The Morgan fingerprint density at radius 3 is 2.90 bits per heavy atom. The molecule has 6 heteroatoms. The van der Waals surface area contributed by atoms with Crippen LogP contribution >= 0.6 is 0 Å². The smallest absolute Gasteiger partial charge is 0.139 e. The van der Waals surface area contributed by atoms with Crippen molar-refractivity contribution in [2.75, 3.05) is 39.3 Å². The molecule has 112 valence electrons. The molecule has 0 bridgehead atoms. The van der Waals surface area contributed by atoms with Crippen LogP contribution in [0.2, 0.25) is 0 Å². The van der Waals surface area contributed by atoms with Crippen molar-refractivity contribution in [1.82, 2.24) is 25.4 Å². The molecule has 2 aliphatic heterocycles. The molecule has 1 aromatic heterocycles. The molecule has 1 N–H and O–H groups in total. The van der Waals surface area contributed by atoms with Gasteiger partial charge in [-0.3, -0.25) is 9.80 Å². The van der Waals surface area contributed by atoms with Crippen molar-refractivity contribution in [2.24, 2.45) is 0 Å². The van der Waals surface area contributed by atoms with E-state index in [1.807, 2.05) is 12.1 Å². The molecule has 2 fully saturated rings. The maximum absolute atomic E-state index is 4.85. The number of nitrogens with one attached hydrogen (secondary N) is 1. The zero-order chi connectivity index (χ0) is 14.1. The van der Waals surface area contributed by atoms with E-state index in [9.17, 15) is 0 Å². The first-order valence-electron chi connectivity index (χ1n) is 7.77. The van der Waals surface area contributed by atoms with Crippen molar-refractivity contribution in [1.29, 1.82) is 0 Å². The summed E-state index contributed by atoms with van der Waals surface area (Å²) in [5.74, 6) is 0. The Morgan fingerprint density at radius 1 is 1.19 bits per heavy atom. The van der Waals surface area contributed by atoms with Crippen molar-refractivity contribution in [3.8, 4) is 0 Å². The van der Waals surface area contributed by atoms with E-state index in [1.54, 1.807) is 0 Å². The lowest BCUT2D eigenvalue weighted by atomic mass is 10.1. The Labute approximate surface area is 124 Å². The Kier molecular flexibility index (Phi) is 3.58. The maximum Gasteiger partial charge on any atom is 0.139 e. The van der Waals surface area contributed by atoms with Crippen molar-refractivity contribution in [2.45, 2.75) is 19.0 Å². The van der Waals surface area contributed by atoms with Gasteiger partial charge in [-0.1, -0.05) is 12.1 Å². The second kappa shape index (κ2) is 5.71. The van der Waals surface area contributed by atoms with Crippen LogP contribution in [-0.4, -0.2) is 65.4 Å². The number of rotatable bonds is 3. The van der Waals surface area contributed by atoms with Gasteiger partial charge in [-0.25, -0.2) is 4.63 Å². The molecule has 0 spiro atoms. The molecule has 0 unspecified atom stereocenters. The quantitative estimate of drug-likeness (QED) is 0.897. The number of hydrogen-bond donors (Lipinski definition) is 1. The standard InChI is InChI=1S/C15H21N5O/c1-2-12(15-14(3-1)17-21-18-15)11-19-6-8-20(9-7-19)13-4-5-16-10-13/h1-3,13,16H,4-11H2/t13-/m0/s1. The van der Waals surface area contributed by atoms with Gasteiger partial charge in [-0.05, 0) is 34.9 Å². The van der Waals surface area contributed by atoms with Crippen molar-refractivity contribution >= 4 is 11.0 Å². The molecule has 3 heterocycles. The fourth-order valence-corrected chi connectivity index (χ4v) is 3.47. The third-order valence-corrected chi connectivity index (χ3v) is 4.72. The van der Waals surface area contributed by atoms with Crippen LogP contribution in [0.1, 0.15) is 12.0 Å². The molecule has 2 saturated heterocycles. The zero-order valence-electron chi connectivity index (χ0n) is 12.2. The molecule has 2 aromatic rings. The number of aromatic nitrogens is 2.